The average Bonchev–Trinajstić information content (AvgIpc) is 2.74. The van der Waals surface area contributed by atoms with Crippen LogP contribution in [0.25, 0.3) is 0 Å². The van der Waals surface area contributed by atoms with E-state index in [1.54, 1.807) is 12.4 Å². The van der Waals surface area contributed by atoms with E-state index in [0.29, 0.717) is 18.0 Å². The standard InChI is InChI=1S/C22H29N5O/c1-17-7-6-10-26(15-17)22-23-13-19(14-24-22)21(28)27-12-11-25(2)16-20(27)18-8-4-3-5-9-18/h3-5,8-9,13-14,17,20H,6-7,10-12,15-16H2,1-2H3/t17-,20-/m0/s1. The van der Waals surface area contributed by atoms with Gasteiger partial charge in [-0.25, -0.2) is 9.97 Å². The Labute approximate surface area is 167 Å². The van der Waals surface area contributed by atoms with Crippen LogP contribution in [-0.4, -0.2) is 65.4 Å². The van der Waals surface area contributed by atoms with E-state index in [0.717, 1.165) is 32.1 Å². The molecule has 0 radical (unpaired) electrons. The van der Waals surface area contributed by atoms with E-state index in [1.165, 1.54) is 18.4 Å². The van der Waals surface area contributed by atoms with Crippen molar-refractivity contribution in [2.24, 2.45) is 5.92 Å². The molecular weight excluding hydrogens is 350 g/mol. The van der Waals surface area contributed by atoms with Crippen molar-refractivity contribution >= 4 is 11.9 Å². The molecule has 0 bridgehead atoms. The highest BCUT2D eigenvalue weighted by Crippen LogP contribution is 2.27. The summed E-state index contributed by atoms with van der Waals surface area (Å²) >= 11 is 0. The Morgan fingerprint density at radius 3 is 2.50 bits per heavy atom. The first kappa shape index (κ1) is 18.9. The topological polar surface area (TPSA) is 52.6 Å². The number of carbonyl (C=O) groups excluding carboxylic acids is 1. The Morgan fingerprint density at radius 1 is 1.04 bits per heavy atom. The maximum absolute atomic E-state index is 13.2. The number of hydrogen-bond donors (Lipinski definition) is 0. The van der Waals surface area contributed by atoms with Crippen LogP contribution >= 0.6 is 0 Å². The van der Waals surface area contributed by atoms with E-state index in [1.807, 2.05) is 23.1 Å². The molecule has 1 aromatic carbocycles. The molecule has 2 aliphatic rings. The second kappa shape index (κ2) is 8.27. The lowest BCUT2D eigenvalue weighted by molar-refractivity contribution is 0.0497. The van der Waals surface area contributed by atoms with Crippen molar-refractivity contribution in [1.29, 1.82) is 0 Å². The SMILES string of the molecule is C[C@H]1CCCN(c2ncc(C(=O)N3CCN(C)C[C@H]3c3ccccc3)cn2)C1. The summed E-state index contributed by atoms with van der Waals surface area (Å²) in [5.41, 5.74) is 1.74. The molecule has 0 aliphatic carbocycles. The van der Waals surface area contributed by atoms with Gasteiger partial charge < -0.3 is 14.7 Å². The molecule has 1 amide bonds. The number of likely N-dealkylation sites (N-methyl/N-ethyl adjacent to an activating group) is 1. The van der Waals surface area contributed by atoms with Crippen molar-refractivity contribution in [1.82, 2.24) is 19.8 Å². The average molecular weight is 380 g/mol. The van der Waals surface area contributed by atoms with Gasteiger partial charge in [0.2, 0.25) is 5.95 Å². The quantitative estimate of drug-likeness (QED) is 0.821. The van der Waals surface area contributed by atoms with Crippen molar-refractivity contribution in [3.05, 3.63) is 53.9 Å². The number of rotatable bonds is 3. The summed E-state index contributed by atoms with van der Waals surface area (Å²) in [4.78, 5) is 28.8. The molecule has 148 valence electrons. The second-order valence-corrected chi connectivity index (χ2v) is 8.15. The zero-order valence-corrected chi connectivity index (χ0v) is 16.8. The molecule has 3 heterocycles. The van der Waals surface area contributed by atoms with Crippen LogP contribution in [0.4, 0.5) is 5.95 Å². The van der Waals surface area contributed by atoms with Gasteiger partial charge in [-0.2, -0.15) is 0 Å². The molecule has 1 aromatic heterocycles. The van der Waals surface area contributed by atoms with E-state index < -0.39 is 0 Å². The van der Waals surface area contributed by atoms with Gasteiger partial charge in [0.05, 0.1) is 11.6 Å². The third-order valence-electron chi connectivity index (χ3n) is 5.85. The highest BCUT2D eigenvalue weighted by atomic mass is 16.2. The highest BCUT2D eigenvalue weighted by molar-refractivity contribution is 5.94. The molecule has 4 rings (SSSR count). The van der Waals surface area contributed by atoms with Crippen LogP contribution in [0.1, 0.15) is 41.7 Å². The Bertz CT molecular complexity index is 794. The lowest BCUT2D eigenvalue weighted by Crippen LogP contribution is -2.49. The summed E-state index contributed by atoms with van der Waals surface area (Å²) in [7, 11) is 2.11. The van der Waals surface area contributed by atoms with Gasteiger partial charge in [0.15, 0.2) is 0 Å². The molecule has 0 spiro atoms. The first-order chi connectivity index (χ1) is 13.6. The van der Waals surface area contributed by atoms with Gasteiger partial charge in [0, 0.05) is 45.1 Å². The van der Waals surface area contributed by atoms with E-state index >= 15 is 0 Å². The number of carbonyl (C=O) groups is 1. The summed E-state index contributed by atoms with van der Waals surface area (Å²) in [6.45, 7) is 6.66. The molecule has 6 heteroatoms. The summed E-state index contributed by atoms with van der Waals surface area (Å²) in [5.74, 6) is 1.41. The van der Waals surface area contributed by atoms with Crippen LogP contribution in [-0.2, 0) is 0 Å². The fourth-order valence-electron chi connectivity index (χ4n) is 4.25. The number of anilines is 1. The number of hydrogen-bond acceptors (Lipinski definition) is 5. The number of benzene rings is 1. The van der Waals surface area contributed by atoms with E-state index in [4.69, 9.17) is 0 Å². The van der Waals surface area contributed by atoms with Crippen molar-refractivity contribution < 1.29 is 4.79 Å². The largest absolute Gasteiger partial charge is 0.341 e. The summed E-state index contributed by atoms with van der Waals surface area (Å²) in [5, 5.41) is 0. The Morgan fingerprint density at radius 2 is 1.79 bits per heavy atom. The number of piperidine rings is 1. The van der Waals surface area contributed by atoms with Crippen LogP contribution in [0.2, 0.25) is 0 Å². The van der Waals surface area contributed by atoms with Gasteiger partial charge in [-0.05, 0) is 31.4 Å². The van der Waals surface area contributed by atoms with Crippen molar-refractivity contribution in [2.45, 2.75) is 25.8 Å². The third-order valence-corrected chi connectivity index (χ3v) is 5.85. The van der Waals surface area contributed by atoms with Gasteiger partial charge in [0.1, 0.15) is 0 Å². The maximum Gasteiger partial charge on any atom is 0.257 e. The first-order valence-electron chi connectivity index (χ1n) is 10.2. The van der Waals surface area contributed by atoms with Gasteiger partial charge >= 0.3 is 0 Å². The number of amides is 1. The van der Waals surface area contributed by atoms with Crippen molar-refractivity contribution in [3.63, 3.8) is 0 Å². The summed E-state index contributed by atoms with van der Waals surface area (Å²) in [6.07, 6.45) is 5.83. The monoisotopic (exact) mass is 379 g/mol. The van der Waals surface area contributed by atoms with Crippen LogP contribution in [0.5, 0.6) is 0 Å². The Hall–Kier alpha value is -2.47. The minimum atomic E-state index is 0.0144. The van der Waals surface area contributed by atoms with Gasteiger partial charge in [0.25, 0.3) is 5.91 Å². The van der Waals surface area contributed by atoms with Crippen LogP contribution < -0.4 is 4.90 Å². The lowest BCUT2D eigenvalue weighted by atomic mass is 10.0. The molecule has 2 aromatic rings. The molecule has 28 heavy (non-hydrogen) atoms. The molecule has 2 saturated heterocycles. The molecule has 0 N–H and O–H groups in total. The molecule has 2 fully saturated rings. The second-order valence-electron chi connectivity index (χ2n) is 8.15. The van der Waals surface area contributed by atoms with Gasteiger partial charge in [-0.1, -0.05) is 37.3 Å². The molecule has 0 unspecified atom stereocenters. The first-order valence-corrected chi connectivity index (χ1v) is 10.2. The van der Waals surface area contributed by atoms with E-state index in [2.05, 4.69) is 45.9 Å². The van der Waals surface area contributed by atoms with E-state index in [-0.39, 0.29) is 11.9 Å². The lowest BCUT2D eigenvalue weighted by Gasteiger charge is -2.40. The zero-order chi connectivity index (χ0) is 19.5. The molecule has 6 nitrogen and oxygen atoms in total. The molecule has 2 atom stereocenters. The predicted molar refractivity (Wildman–Crippen MR) is 110 cm³/mol. The normalized spacial score (nSPS) is 23.6. The molecular formula is C22H29N5O. The fraction of sp³-hybridized carbons (Fsp3) is 0.500. The Kier molecular flexibility index (Phi) is 5.57. The van der Waals surface area contributed by atoms with Gasteiger partial charge in [-0.3, -0.25) is 4.79 Å². The van der Waals surface area contributed by atoms with Crippen LogP contribution in [0.15, 0.2) is 42.7 Å². The van der Waals surface area contributed by atoms with Crippen molar-refractivity contribution in [2.75, 3.05) is 44.7 Å². The zero-order valence-electron chi connectivity index (χ0n) is 16.8. The van der Waals surface area contributed by atoms with Crippen molar-refractivity contribution in [3.8, 4) is 0 Å². The maximum atomic E-state index is 13.2. The fourth-order valence-corrected chi connectivity index (χ4v) is 4.25. The minimum Gasteiger partial charge on any atom is -0.341 e. The number of nitrogens with zero attached hydrogens (tertiary/aromatic N) is 5. The highest BCUT2D eigenvalue weighted by Gasteiger charge is 2.31. The minimum absolute atomic E-state index is 0.0144. The molecule has 0 saturated carbocycles. The predicted octanol–water partition coefficient (Wildman–Crippen LogP) is 2.84. The molecule has 2 aliphatic heterocycles. The summed E-state index contributed by atoms with van der Waals surface area (Å²) < 4.78 is 0. The number of aromatic nitrogens is 2. The Balaban J connectivity index is 1.52. The smallest absolute Gasteiger partial charge is 0.257 e. The van der Waals surface area contributed by atoms with E-state index in [9.17, 15) is 4.79 Å². The third kappa shape index (κ3) is 4.02. The van der Waals surface area contributed by atoms with Crippen LogP contribution in [0.3, 0.4) is 0 Å². The van der Waals surface area contributed by atoms with Gasteiger partial charge in [-0.15, -0.1) is 0 Å². The number of piperazine rings is 1. The summed E-state index contributed by atoms with van der Waals surface area (Å²) in [6, 6.07) is 10.3. The van der Waals surface area contributed by atoms with Crippen LogP contribution in [0, 0.1) is 5.92 Å².